The minimum absolute atomic E-state index is 0.0773. The molecule has 5 heteroatoms. The fraction of sp³-hybridized carbons (Fsp3) is 0.571. The van der Waals surface area contributed by atoms with Crippen molar-refractivity contribution in [3.8, 4) is 0 Å². The SMILES string of the molecule is CCNC(CCCC(F)(F)F)Cc1ccc(Cl)cc1. The maximum Gasteiger partial charge on any atom is 0.389 e. The lowest BCUT2D eigenvalue weighted by Gasteiger charge is -2.18. The Kier molecular flexibility index (Phi) is 6.66. The van der Waals surface area contributed by atoms with E-state index >= 15 is 0 Å². The normalized spacial score (nSPS) is 13.5. The maximum atomic E-state index is 12.1. The van der Waals surface area contributed by atoms with Crippen LogP contribution >= 0.6 is 11.6 Å². The molecule has 1 rings (SSSR count). The topological polar surface area (TPSA) is 12.0 Å². The van der Waals surface area contributed by atoms with Gasteiger partial charge >= 0.3 is 6.18 Å². The van der Waals surface area contributed by atoms with Crippen LogP contribution in [0.25, 0.3) is 0 Å². The number of hydrogen-bond donors (Lipinski definition) is 1. The Labute approximate surface area is 117 Å². The fourth-order valence-electron chi connectivity index (χ4n) is 2.02. The van der Waals surface area contributed by atoms with Crippen LogP contribution in [0.4, 0.5) is 13.2 Å². The van der Waals surface area contributed by atoms with E-state index in [2.05, 4.69) is 5.32 Å². The summed E-state index contributed by atoms with van der Waals surface area (Å²) in [6.45, 7) is 2.71. The van der Waals surface area contributed by atoms with Crippen molar-refractivity contribution >= 4 is 11.6 Å². The second kappa shape index (κ2) is 7.75. The Balaban J connectivity index is 2.45. The summed E-state index contributed by atoms with van der Waals surface area (Å²) in [6.07, 6.45) is -3.36. The van der Waals surface area contributed by atoms with Crippen LogP contribution in [-0.4, -0.2) is 18.8 Å². The van der Waals surface area contributed by atoms with E-state index in [0.29, 0.717) is 11.4 Å². The molecule has 0 spiro atoms. The lowest BCUT2D eigenvalue weighted by molar-refractivity contribution is -0.135. The number of rotatable bonds is 7. The third-order valence-corrected chi connectivity index (χ3v) is 3.15. The van der Waals surface area contributed by atoms with Crippen LogP contribution < -0.4 is 5.32 Å². The van der Waals surface area contributed by atoms with Crippen molar-refractivity contribution in [1.29, 1.82) is 0 Å². The first-order chi connectivity index (χ1) is 8.90. The van der Waals surface area contributed by atoms with Crippen molar-refractivity contribution in [2.24, 2.45) is 0 Å². The van der Waals surface area contributed by atoms with Gasteiger partial charge < -0.3 is 5.32 Å². The monoisotopic (exact) mass is 293 g/mol. The molecule has 0 bridgehead atoms. The van der Waals surface area contributed by atoms with Gasteiger partial charge in [0.1, 0.15) is 0 Å². The Morgan fingerprint density at radius 3 is 2.37 bits per heavy atom. The predicted molar refractivity (Wildman–Crippen MR) is 72.5 cm³/mol. The van der Waals surface area contributed by atoms with Gasteiger partial charge in [-0.3, -0.25) is 0 Å². The highest BCUT2D eigenvalue weighted by Crippen LogP contribution is 2.23. The summed E-state index contributed by atoms with van der Waals surface area (Å²) in [5.41, 5.74) is 1.09. The highest BCUT2D eigenvalue weighted by atomic mass is 35.5. The molecule has 0 radical (unpaired) electrons. The Hall–Kier alpha value is -0.740. The molecule has 1 N–H and O–H groups in total. The van der Waals surface area contributed by atoms with Crippen LogP contribution in [0.5, 0.6) is 0 Å². The molecule has 1 aromatic carbocycles. The standard InChI is InChI=1S/C14H19ClF3N/c1-2-19-13(4-3-9-14(16,17)18)10-11-5-7-12(15)8-6-11/h5-8,13,19H,2-4,9-10H2,1H3. The summed E-state index contributed by atoms with van der Waals surface area (Å²) in [4.78, 5) is 0. The van der Waals surface area contributed by atoms with E-state index in [4.69, 9.17) is 11.6 Å². The number of nitrogens with one attached hydrogen (secondary N) is 1. The van der Waals surface area contributed by atoms with E-state index in [1.165, 1.54) is 0 Å². The third kappa shape index (κ3) is 7.43. The van der Waals surface area contributed by atoms with Gasteiger partial charge in [0, 0.05) is 17.5 Å². The lowest BCUT2D eigenvalue weighted by Crippen LogP contribution is -2.31. The van der Waals surface area contributed by atoms with Crippen molar-refractivity contribution in [1.82, 2.24) is 5.32 Å². The zero-order valence-electron chi connectivity index (χ0n) is 10.9. The molecule has 1 aromatic rings. The van der Waals surface area contributed by atoms with E-state index < -0.39 is 12.6 Å². The first-order valence-electron chi connectivity index (χ1n) is 6.45. The van der Waals surface area contributed by atoms with Crippen molar-refractivity contribution in [2.45, 2.75) is 44.8 Å². The minimum atomic E-state index is -4.06. The molecule has 0 heterocycles. The van der Waals surface area contributed by atoms with Gasteiger partial charge in [-0.25, -0.2) is 0 Å². The van der Waals surface area contributed by atoms with Gasteiger partial charge in [0.25, 0.3) is 0 Å². The molecule has 19 heavy (non-hydrogen) atoms. The third-order valence-electron chi connectivity index (χ3n) is 2.90. The average Bonchev–Trinajstić information content (AvgIpc) is 2.30. The highest BCUT2D eigenvalue weighted by Gasteiger charge is 2.26. The second-order valence-corrected chi connectivity index (χ2v) is 5.03. The predicted octanol–water partition coefficient (Wildman–Crippen LogP) is 4.59. The van der Waals surface area contributed by atoms with Gasteiger partial charge in [0.15, 0.2) is 0 Å². The molecular weight excluding hydrogens is 275 g/mol. The maximum absolute atomic E-state index is 12.1. The minimum Gasteiger partial charge on any atom is -0.314 e. The van der Waals surface area contributed by atoms with Gasteiger partial charge in [-0.15, -0.1) is 0 Å². The Morgan fingerprint density at radius 2 is 1.84 bits per heavy atom. The van der Waals surface area contributed by atoms with Crippen molar-refractivity contribution in [2.75, 3.05) is 6.54 Å². The molecule has 1 unspecified atom stereocenters. The summed E-state index contributed by atoms with van der Waals surface area (Å²) in [5, 5.41) is 3.90. The first kappa shape index (κ1) is 16.3. The van der Waals surface area contributed by atoms with Gasteiger partial charge in [0.2, 0.25) is 0 Å². The molecule has 1 nitrogen and oxygen atoms in total. The number of hydrogen-bond acceptors (Lipinski definition) is 1. The number of halogens is 4. The van der Waals surface area contributed by atoms with E-state index in [9.17, 15) is 13.2 Å². The number of benzene rings is 1. The molecule has 0 aliphatic rings. The lowest BCUT2D eigenvalue weighted by atomic mass is 10.0. The number of likely N-dealkylation sites (N-methyl/N-ethyl adjacent to an activating group) is 1. The van der Waals surface area contributed by atoms with Crippen LogP contribution in [0.3, 0.4) is 0 Å². The summed E-state index contributed by atoms with van der Waals surface area (Å²) in [5.74, 6) is 0. The smallest absolute Gasteiger partial charge is 0.314 e. The van der Waals surface area contributed by atoms with E-state index in [1.807, 2.05) is 19.1 Å². The fourth-order valence-corrected chi connectivity index (χ4v) is 2.14. The van der Waals surface area contributed by atoms with Gasteiger partial charge in [0.05, 0.1) is 0 Å². The average molecular weight is 294 g/mol. The van der Waals surface area contributed by atoms with E-state index in [1.54, 1.807) is 12.1 Å². The largest absolute Gasteiger partial charge is 0.389 e. The zero-order chi connectivity index (χ0) is 14.3. The molecule has 108 valence electrons. The quantitative estimate of drug-likeness (QED) is 0.775. The molecular formula is C14H19ClF3N. The summed E-state index contributed by atoms with van der Waals surface area (Å²) >= 11 is 5.80. The molecule has 0 saturated heterocycles. The summed E-state index contributed by atoms with van der Waals surface area (Å²) < 4.78 is 36.4. The van der Waals surface area contributed by atoms with Crippen molar-refractivity contribution < 1.29 is 13.2 Å². The highest BCUT2D eigenvalue weighted by molar-refractivity contribution is 6.30. The molecule has 0 saturated carbocycles. The summed E-state index contributed by atoms with van der Waals surface area (Å²) in [7, 11) is 0. The van der Waals surface area contributed by atoms with Crippen LogP contribution in [0.2, 0.25) is 5.02 Å². The Bertz CT molecular complexity index is 362. The van der Waals surface area contributed by atoms with Crippen LogP contribution in [0.1, 0.15) is 31.7 Å². The van der Waals surface area contributed by atoms with Gasteiger partial charge in [-0.05, 0) is 43.5 Å². The first-order valence-corrected chi connectivity index (χ1v) is 6.83. The van der Waals surface area contributed by atoms with E-state index in [0.717, 1.165) is 18.5 Å². The molecule has 0 aliphatic carbocycles. The molecule has 1 atom stereocenters. The van der Waals surface area contributed by atoms with Gasteiger partial charge in [-0.1, -0.05) is 30.7 Å². The Morgan fingerprint density at radius 1 is 1.21 bits per heavy atom. The molecule has 0 amide bonds. The zero-order valence-corrected chi connectivity index (χ0v) is 11.7. The van der Waals surface area contributed by atoms with Crippen LogP contribution in [-0.2, 0) is 6.42 Å². The van der Waals surface area contributed by atoms with E-state index in [-0.39, 0.29) is 12.5 Å². The second-order valence-electron chi connectivity index (χ2n) is 4.59. The van der Waals surface area contributed by atoms with Crippen molar-refractivity contribution in [3.63, 3.8) is 0 Å². The van der Waals surface area contributed by atoms with Gasteiger partial charge in [-0.2, -0.15) is 13.2 Å². The molecule has 0 fully saturated rings. The molecule has 0 aromatic heterocycles. The van der Waals surface area contributed by atoms with Crippen molar-refractivity contribution in [3.05, 3.63) is 34.9 Å². The molecule has 0 aliphatic heterocycles. The van der Waals surface area contributed by atoms with Crippen LogP contribution in [0, 0.1) is 0 Å². The summed E-state index contributed by atoms with van der Waals surface area (Å²) in [6, 6.07) is 7.51. The number of alkyl halides is 3. The van der Waals surface area contributed by atoms with Crippen LogP contribution in [0.15, 0.2) is 24.3 Å².